The minimum absolute atomic E-state index is 0.289. The third-order valence-corrected chi connectivity index (χ3v) is 2.79. The first-order chi connectivity index (χ1) is 7.09. The first-order valence-electron chi connectivity index (χ1n) is 4.66. The van der Waals surface area contributed by atoms with E-state index in [2.05, 4.69) is 4.98 Å². The lowest BCUT2D eigenvalue weighted by atomic mass is 10.1. The number of rotatable bonds is 5. The van der Waals surface area contributed by atoms with Crippen LogP contribution in [0.25, 0.3) is 0 Å². The van der Waals surface area contributed by atoms with Gasteiger partial charge in [0.25, 0.3) is 0 Å². The molecule has 1 unspecified atom stereocenters. The SMILES string of the molecule is CS(=O)c1cc(CCCC(N)=O)ccn1. The molecule has 1 amide bonds. The molecule has 1 aromatic heterocycles. The van der Waals surface area contributed by atoms with Crippen molar-refractivity contribution in [3.63, 3.8) is 0 Å². The van der Waals surface area contributed by atoms with E-state index >= 15 is 0 Å². The van der Waals surface area contributed by atoms with Gasteiger partial charge >= 0.3 is 0 Å². The molecule has 0 saturated heterocycles. The average molecular weight is 226 g/mol. The Labute approximate surface area is 91.4 Å². The molecule has 0 spiro atoms. The Hall–Kier alpha value is -1.23. The second-order valence-corrected chi connectivity index (χ2v) is 4.60. The van der Waals surface area contributed by atoms with Crippen molar-refractivity contribution in [3.8, 4) is 0 Å². The molecule has 1 rings (SSSR count). The molecule has 0 saturated carbocycles. The molecule has 0 fully saturated rings. The van der Waals surface area contributed by atoms with Gasteiger partial charge in [0.2, 0.25) is 5.91 Å². The van der Waals surface area contributed by atoms with Gasteiger partial charge in [-0.1, -0.05) is 0 Å². The van der Waals surface area contributed by atoms with Crippen LogP contribution < -0.4 is 5.73 Å². The Balaban J connectivity index is 2.58. The van der Waals surface area contributed by atoms with Gasteiger partial charge < -0.3 is 5.73 Å². The van der Waals surface area contributed by atoms with Crippen LogP contribution in [-0.4, -0.2) is 21.4 Å². The number of hydrogen-bond donors (Lipinski definition) is 1. The number of aromatic nitrogens is 1. The molecule has 4 nitrogen and oxygen atoms in total. The number of pyridine rings is 1. The lowest BCUT2D eigenvalue weighted by Gasteiger charge is -2.01. The highest BCUT2D eigenvalue weighted by molar-refractivity contribution is 7.84. The van der Waals surface area contributed by atoms with Crippen LogP contribution in [-0.2, 0) is 22.0 Å². The lowest BCUT2D eigenvalue weighted by Crippen LogP contribution is -2.10. The molecule has 1 heterocycles. The molecule has 1 atom stereocenters. The molecule has 0 aliphatic carbocycles. The maximum atomic E-state index is 11.2. The lowest BCUT2D eigenvalue weighted by molar-refractivity contribution is -0.118. The summed E-state index contributed by atoms with van der Waals surface area (Å²) in [6.07, 6.45) is 5.09. The molecule has 5 heteroatoms. The van der Waals surface area contributed by atoms with E-state index in [1.807, 2.05) is 6.07 Å². The van der Waals surface area contributed by atoms with E-state index in [1.54, 1.807) is 18.5 Å². The summed E-state index contributed by atoms with van der Waals surface area (Å²) in [4.78, 5) is 14.5. The predicted molar refractivity (Wildman–Crippen MR) is 58.7 cm³/mol. The van der Waals surface area contributed by atoms with Crippen LogP contribution in [0.4, 0.5) is 0 Å². The topological polar surface area (TPSA) is 73.1 Å². The highest BCUT2D eigenvalue weighted by atomic mass is 32.2. The summed E-state index contributed by atoms with van der Waals surface area (Å²) in [5, 5.41) is 0.576. The third-order valence-electron chi connectivity index (χ3n) is 1.98. The summed E-state index contributed by atoms with van der Waals surface area (Å²) in [6, 6.07) is 3.66. The fourth-order valence-electron chi connectivity index (χ4n) is 1.23. The van der Waals surface area contributed by atoms with Crippen LogP contribution in [0.2, 0.25) is 0 Å². The van der Waals surface area contributed by atoms with Crippen molar-refractivity contribution in [1.82, 2.24) is 4.98 Å². The van der Waals surface area contributed by atoms with Gasteiger partial charge in [-0.25, -0.2) is 4.98 Å². The standard InChI is InChI=1S/C10H14N2O2S/c1-15(14)10-7-8(5-6-12-10)3-2-4-9(11)13/h5-7H,2-4H2,1H3,(H2,11,13). The first kappa shape index (κ1) is 11.8. The smallest absolute Gasteiger partial charge is 0.217 e. The number of nitrogens with zero attached hydrogens (tertiary/aromatic N) is 1. The van der Waals surface area contributed by atoms with Gasteiger partial charge in [0.05, 0.1) is 10.8 Å². The Kier molecular flexibility index (Phi) is 4.42. The van der Waals surface area contributed by atoms with E-state index in [0.717, 1.165) is 18.4 Å². The Morgan fingerprint density at radius 2 is 2.33 bits per heavy atom. The van der Waals surface area contributed by atoms with Crippen molar-refractivity contribution < 1.29 is 9.00 Å². The van der Waals surface area contributed by atoms with Crippen LogP contribution in [0.15, 0.2) is 23.4 Å². The van der Waals surface area contributed by atoms with E-state index in [0.29, 0.717) is 11.4 Å². The van der Waals surface area contributed by atoms with Crippen LogP contribution in [0.3, 0.4) is 0 Å². The van der Waals surface area contributed by atoms with Gasteiger partial charge in [-0.05, 0) is 30.5 Å². The van der Waals surface area contributed by atoms with Crippen molar-refractivity contribution in [1.29, 1.82) is 0 Å². The fourth-order valence-corrected chi connectivity index (χ4v) is 1.76. The summed E-state index contributed by atoms with van der Waals surface area (Å²) in [5.41, 5.74) is 6.07. The van der Waals surface area contributed by atoms with Crippen molar-refractivity contribution in [2.24, 2.45) is 5.73 Å². The van der Waals surface area contributed by atoms with Crippen LogP contribution >= 0.6 is 0 Å². The third kappa shape index (κ3) is 4.20. The number of primary amides is 1. The van der Waals surface area contributed by atoms with Gasteiger partial charge in [0.15, 0.2) is 0 Å². The molecule has 2 N–H and O–H groups in total. The van der Waals surface area contributed by atoms with Crippen molar-refractivity contribution in [2.75, 3.05) is 6.26 Å². The Morgan fingerprint density at radius 1 is 1.60 bits per heavy atom. The highest BCUT2D eigenvalue weighted by Crippen LogP contribution is 2.08. The zero-order valence-electron chi connectivity index (χ0n) is 8.60. The van der Waals surface area contributed by atoms with Crippen LogP contribution in [0.1, 0.15) is 18.4 Å². The number of aryl methyl sites for hydroxylation is 1. The molecular formula is C10H14N2O2S. The Morgan fingerprint density at radius 3 is 2.93 bits per heavy atom. The number of nitrogens with two attached hydrogens (primary N) is 1. The molecule has 15 heavy (non-hydrogen) atoms. The molecular weight excluding hydrogens is 212 g/mol. The first-order valence-corrected chi connectivity index (χ1v) is 6.22. The molecule has 1 aromatic rings. The zero-order chi connectivity index (χ0) is 11.3. The number of carbonyl (C=O) groups excluding carboxylic acids is 1. The summed E-state index contributed by atoms with van der Waals surface area (Å²) >= 11 is 0. The summed E-state index contributed by atoms with van der Waals surface area (Å²) in [5.74, 6) is -0.289. The summed E-state index contributed by atoms with van der Waals surface area (Å²) in [6.45, 7) is 0. The number of amides is 1. The summed E-state index contributed by atoms with van der Waals surface area (Å²) < 4.78 is 11.2. The van der Waals surface area contributed by atoms with Crippen molar-refractivity contribution >= 4 is 16.7 Å². The second kappa shape index (κ2) is 5.60. The van der Waals surface area contributed by atoms with E-state index in [4.69, 9.17) is 5.73 Å². The van der Waals surface area contributed by atoms with E-state index in [-0.39, 0.29) is 5.91 Å². The molecule has 0 bridgehead atoms. The zero-order valence-corrected chi connectivity index (χ0v) is 9.42. The van der Waals surface area contributed by atoms with E-state index < -0.39 is 10.8 Å². The van der Waals surface area contributed by atoms with Crippen molar-refractivity contribution in [3.05, 3.63) is 23.9 Å². The monoisotopic (exact) mass is 226 g/mol. The molecule has 0 aliphatic rings. The van der Waals surface area contributed by atoms with E-state index in [1.165, 1.54) is 0 Å². The quantitative estimate of drug-likeness (QED) is 0.800. The second-order valence-electron chi connectivity index (χ2n) is 3.28. The molecule has 0 aliphatic heterocycles. The predicted octanol–water partition coefficient (Wildman–Crippen LogP) is 0.627. The maximum absolute atomic E-state index is 11.2. The molecule has 0 aromatic carbocycles. The minimum Gasteiger partial charge on any atom is -0.370 e. The summed E-state index contributed by atoms with van der Waals surface area (Å²) in [7, 11) is -1.06. The fraction of sp³-hybridized carbons (Fsp3) is 0.400. The normalized spacial score (nSPS) is 12.3. The van der Waals surface area contributed by atoms with Crippen molar-refractivity contribution in [2.45, 2.75) is 24.3 Å². The van der Waals surface area contributed by atoms with Crippen LogP contribution in [0, 0.1) is 0 Å². The highest BCUT2D eigenvalue weighted by Gasteiger charge is 2.01. The number of carbonyl (C=O) groups is 1. The van der Waals surface area contributed by atoms with Gasteiger partial charge in [-0.3, -0.25) is 9.00 Å². The van der Waals surface area contributed by atoms with Gasteiger partial charge in [0.1, 0.15) is 5.03 Å². The average Bonchev–Trinajstić information content (AvgIpc) is 2.17. The maximum Gasteiger partial charge on any atom is 0.217 e. The van der Waals surface area contributed by atoms with Gasteiger partial charge in [-0.15, -0.1) is 0 Å². The number of hydrogen-bond acceptors (Lipinski definition) is 3. The molecule has 82 valence electrons. The minimum atomic E-state index is -1.06. The van der Waals surface area contributed by atoms with E-state index in [9.17, 15) is 9.00 Å². The largest absolute Gasteiger partial charge is 0.370 e. The van der Waals surface area contributed by atoms with Gasteiger partial charge in [0, 0.05) is 18.9 Å². The van der Waals surface area contributed by atoms with Gasteiger partial charge in [-0.2, -0.15) is 0 Å². The van der Waals surface area contributed by atoms with Crippen LogP contribution in [0.5, 0.6) is 0 Å². The Bertz CT molecular complexity index is 379. The molecule has 0 radical (unpaired) electrons.